The molecule has 26 heavy (non-hydrogen) atoms. The molecule has 7 heteroatoms. The van der Waals surface area contributed by atoms with Gasteiger partial charge in [-0.3, -0.25) is 9.59 Å². The fourth-order valence-electron chi connectivity index (χ4n) is 3.14. The number of rotatable bonds is 6. The summed E-state index contributed by atoms with van der Waals surface area (Å²) in [7, 11) is 0. The summed E-state index contributed by atoms with van der Waals surface area (Å²) in [6, 6.07) is 7.26. The van der Waals surface area contributed by atoms with Crippen LogP contribution in [0.1, 0.15) is 41.0 Å². The molecule has 138 valence electrons. The topological polar surface area (TPSA) is 67.2 Å². The second-order valence-electron chi connectivity index (χ2n) is 6.54. The molecule has 2 aromatic rings. The van der Waals surface area contributed by atoms with Crippen LogP contribution in [0.3, 0.4) is 0 Å². The van der Waals surface area contributed by atoms with E-state index in [2.05, 4.69) is 10.4 Å². The van der Waals surface area contributed by atoms with Gasteiger partial charge in [-0.25, -0.2) is 4.68 Å². The molecule has 1 aromatic carbocycles. The van der Waals surface area contributed by atoms with Gasteiger partial charge in [-0.05, 0) is 51.0 Å². The van der Waals surface area contributed by atoms with E-state index < -0.39 is 0 Å². The highest BCUT2D eigenvalue weighted by Crippen LogP contribution is 2.22. The lowest BCUT2D eigenvalue weighted by Crippen LogP contribution is -2.30. The minimum absolute atomic E-state index is 0.115. The Balaban J connectivity index is 1.53. The lowest BCUT2D eigenvalue weighted by Gasteiger charge is -2.15. The van der Waals surface area contributed by atoms with E-state index in [-0.39, 0.29) is 11.8 Å². The zero-order chi connectivity index (χ0) is 18.7. The number of aryl methyl sites for hydroxylation is 1. The Morgan fingerprint density at radius 1 is 1.27 bits per heavy atom. The zero-order valence-electron chi connectivity index (χ0n) is 15.1. The first-order chi connectivity index (χ1) is 12.5. The Hall–Kier alpha value is -2.34. The minimum atomic E-state index is -0.115. The number of halogens is 1. The predicted molar refractivity (Wildman–Crippen MR) is 101 cm³/mol. The number of hydrogen-bond acceptors (Lipinski definition) is 3. The molecule has 2 heterocycles. The second kappa shape index (κ2) is 7.91. The normalized spacial score (nSPS) is 14.1. The van der Waals surface area contributed by atoms with Gasteiger partial charge in [0.15, 0.2) is 0 Å². The second-order valence-corrected chi connectivity index (χ2v) is 6.92. The molecule has 0 spiro atoms. The molecule has 0 radical (unpaired) electrons. The first kappa shape index (κ1) is 18.5. The van der Waals surface area contributed by atoms with Crippen LogP contribution in [0.25, 0.3) is 5.69 Å². The Morgan fingerprint density at radius 2 is 2.00 bits per heavy atom. The molecule has 3 rings (SSSR count). The Morgan fingerprint density at radius 3 is 2.58 bits per heavy atom. The van der Waals surface area contributed by atoms with E-state index in [0.29, 0.717) is 30.1 Å². The van der Waals surface area contributed by atoms with E-state index in [1.165, 1.54) is 0 Å². The van der Waals surface area contributed by atoms with E-state index in [0.717, 1.165) is 36.5 Å². The third-order valence-electron chi connectivity index (χ3n) is 4.64. The molecule has 0 unspecified atom stereocenters. The van der Waals surface area contributed by atoms with Gasteiger partial charge in [-0.1, -0.05) is 11.6 Å². The van der Waals surface area contributed by atoms with Crippen LogP contribution in [-0.4, -0.2) is 46.1 Å². The third kappa shape index (κ3) is 3.90. The van der Waals surface area contributed by atoms with Crippen LogP contribution in [0.4, 0.5) is 0 Å². The van der Waals surface area contributed by atoms with Crippen molar-refractivity contribution in [1.29, 1.82) is 0 Å². The van der Waals surface area contributed by atoms with Gasteiger partial charge in [0, 0.05) is 31.6 Å². The van der Waals surface area contributed by atoms with Crippen LogP contribution in [-0.2, 0) is 4.79 Å². The monoisotopic (exact) mass is 374 g/mol. The van der Waals surface area contributed by atoms with E-state index in [1.807, 2.05) is 30.9 Å². The number of nitrogens with one attached hydrogen (secondary N) is 1. The van der Waals surface area contributed by atoms with Crippen LogP contribution in [0.15, 0.2) is 24.3 Å². The summed E-state index contributed by atoms with van der Waals surface area (Å²) < 4.78 is 1.77. The molecule has 1 aliphatic rings. The number of amides is 2. The quantitative estimate of drug-likeness (QED) is 0.790. The standard InChI is InChI=1S/C19H23ClN4O2/c1-13-18(20)14(2)24(22-13)16-8-6-15(7-9-16)19(26)21-10-4-12-23-11-3-5-17(23)25/h6-9H,3-5,10-12H2,1-2H3,(H,21,26). The fourth-order valence-corrected chi connectivity index (χ4v) is 3.26. The van der Waals surface area contributed by atoms with Crippen molar-refractivity contribution in [1.82, 2.24) is 20.0 Å². The van der Waals surface area contributed by atoms with Crippen molar-refractivity contribution in [2.75, 3.05) is 19.6 Å². The number of nitrogens with zero attached hydrogens (tertiary/aromatic N) is 3. The van der Waals surface area contributed by atoms with Crippen molar-refractivity contribution in [3.8, 4) is 5.69 Å². The lowest BCUT2D eigenvalue weighted by molar-refractivity contribution is -0.127. The minimum Gasteiger partial charge on any atom is -0.352 e. The predicted octanol–water partition coefficient (Wildman–Crippen LogP) is 2.88. The summed E-state index contributed by atoms with van der Waals surface area (Å²) in [4.78, 5) is 25.6. The maximum absolute atomic E-state index is 12.2. The molecule has 0 bridgehead atoms. The number of carbonyl (C=O) groups excluding carboxylic acids is 2. The van der Waals surface area contributed by atoms with E-state index in [1.54, 1.807) is 16.8 Å². The van der Waals surface area contributed by atoms with Gasteiger partial charge in [0.2, 0.25) is 5.91 Å². The van der Waals surface area contributed by atoms with Crippen molar-refractivity contribution in [2.24, 2.45) is 0 Å². The van der Waals surface area contributed by atoms with Crippen molar-refractivity contribution in [3.63, 3.8) is 0 Å². The molecular weight excluding hydrogens is 352 g/mol. The SMILES string of the molecule is Cc1nn(-c2ccc(C(=O)NCCCN3CCCC3=O)cc2)c(C)c1Cl. The summed E-state index contributed by atoms with van der Waals surface area (Å²) in [5.74, 6) is 0.104. The van der Waals surface area contributed by atoms with Crippen LogP contribution < -0.4 is 5.32 Å². The van der Waals surface area contributed by atoms with Gasteiger partial charge in [0.1, 0.15) is 0 Å². The van der Waals surface area contributed by atoms with Crippen molar-refractivity contribution in [3.05, 3.63) is 46.2 Å². The number of aromatic nitrogens is 2. The van der Waals surface area contributed by atoms with E-state index in [9.17, 15) is 9.59 Å². The first-order valence-corrected chi connectivity index (χ1v) is 9.23. The summed E-state index contributed by atoms with van der Waals surface area (Å²) in [6.07, 6.45) is 2.36. The molecule has 1 N–H and O–H groups in total. The average Bonchev–Trinajstić information content (AvgIpc) is 3.17. The first-order valence-electron chi connectivity index (χ1n) is 8.85. The van der Waals surface area contributed by atoms with Crippen molar-refractivity contribution < 1.29 is 9.59 Å². The molecule has 6 nitrogen and oxygen atoms in total. The maximum atomic E-state index is 12.2. The van der Waals surface area contributed by atoms with Gasteiger partial charge in [-0.15, -0.1) is 0 Å². The fraction of sp³-hybridized carbons (Fsp3) is 0.421. The zero-order valence-corrected chi connectivity index (χ0v) is 15.8. The number of benzene rings is 1. The number of likely N-dealkylation sites (tertiary alicyclic amines) is 1. The highest BCUT2D eigenvalue weighted by molar-refractivity contribution is 6.31. The van der Waals surface area contributed by atoms with Crippen molar-refractivity contribution >= 4 is 23.4 Å². The van der Waals surface area contributed by atoms with Crippen LogP contribution >= 0.6 is 11.6 Å². The molecule has 2 amide bonds. The van der Waals surface area contributed by atoms with Gasteiger partial charge < -0.3 is 10.2 Å². The van der Waals surface area contributed by atoms with Gasteiger partial charge >= 0.3 is 0 Å². The Bertz CT molecular complexity index is 814. The Labute approximate surface area is 158 Å². The summed E-state index contributed by atoms with van der Waals surface area (Å²) in [6.45, 7) is 5.87. The lowest BCUT2D eigenvalue weighted by atomic mass is 10.2. The van der Waals surface area contributed by atoms with Crippen LogP contribution in [0, 0.1) is 13.8 Å². The van der Waals surface area contributed by atoms with E-state index in [4.69, 9.17) is 11.6 Å². The van der Waals surface area contributed by atoms with Crippen LogP contribution in [0.5, 0.6) is 0 Å². The van der Waals surface area contributed by atoms with Gasteiger partial charge in [0.05, 0.1) is 22.1 Å². The smallest absolute Gasteiger partial charge is 0.251 e. The van der Waals surface area contributed by atoms with Gasteiger partial charge in [-0.2, -0.15) is 5.10 Å². The third-order valence-corrected chi connectivity index (χ3v) is 5.19. The molecular formula is C19H23ClN4O2. The molecule has 1 aliphatic heterocycles. The maximum Gasteiger partial charge on any atom is 0.251 e. The molecule has 0 aliphatic carbocycles. The number of carbonyl (C=O) groups is 2. The molecule has 1 saturated heterocycles. The Kier molecular flexibility index (Phi) is 5.61. The average molecular weight is 375 g/mol. The molecule has 1 aromatic heterocycles. The number of hydrogen-bond donors (Lipinski definition) is 1. The summed E-state index contributed by atoms with van der Waals surface area (Å²) in [5.41, 5.74) is 3.11. The molecule has 0 saturated carbocycles. The highest BCUT2D eigenvalue weighted by Gasteiger charge is 2.19. The van der Waals surface area contributed by atoms with Crippen LogP contribution in [0.2, 0.25) is 5.02 Å². The molecule has 1 fully saturated rings. The molecule has 0 atom stereocenters. The van der Waals surface area contributed by atoms with Gasteiger partial charge in [0.25, 0.3) is 5.91 Å². The highest BCUT2D eigenvalue weighted by atomic mass is 35.5. The van der Waals surface area contributed by atoms with Crippen molar-refractivity contribution in [2.45, 2.75) is 33.1 Å². The van der Waals surface area contributed by atoms with E-state index >= 15 is 0 Å². The summed E-state index contributed by atoms with van der Waals surface area (Å²) >= 11 is 6.19. The summed E-state index contributed by atoms with van der Waals surface area (Å²) in [5, 5.41) is 7.97. The largest absolute Gasteiger partial charge is 0.352 e.